The molecule has 0 unspecified atom stereocenters. The summed E-state index contributed by atoms with van der Waals surface area (Å²) < 4.78 is 5.39. The molecule has 2 heteroatoms. The van der Waals surface area contributed by atoms with E-state index in [4.69, 9.17) is 4.74 Å². The van der Waals surface area contributed by atoms with Gasteiger partial charge in [0.25, 0.3) is 0 Å². The lowest BCUT2D eigenvalue weighted by Gasteiger charge is -2.30. The van der Waals surface area contributed by atoms with Crippen LogP contribution in [0.25, 0.3) is 0 Å². The van der Waals surface area contributed by atoms with Crippen molar-refractivity contribution in [3.05, 3.63) is 29.8 Å². The molecule has 1 aliphatic rings. The van der Waals surface area contributed by atoms with Gasteiger partial charge in [0.05, 0.1) is 6.61 Å². The lowest BCUT2D eigenvalue weighted by atomic mass is 10.1. The molecule has 0 atom stereocenters. The Hall–Kier alpha value is -1.02. The van der Waals surface area contributed by atoms with Gasteiger partial charge >= 0.3 is 0 Å². The van der Waals surface area contributed by atoms with E-state index in [1.807, 2.05) is 6.92 Å². The molecule has 1 aromatic rings. The minimum Gasteiger partial charge on any atom is -0.494 e. The third-order valence-corrected chi connectivity index (χ3v) is 2.59. The number of nitrogens with zero attached hydrogens (tertiary/aromatic N) is 1. The number of benzene rings is 1. The van der Waals surface area contributed by atoms with E-state index in [9.17, 15) is 0 Å². The normalized spacial score (nSPS) is 16.4. The van der Waals surface area contributed by atoms with Crippen LogP contribution < -0.4 is 4.74 Å². The summed E-state index contributed by atoms with van der Waals surface area (Å²) in [5.41, 5.74) is 1.38. The van der Waals surface area contributed by atoms with Crippen molar-refractivity contribution in [2.45, 2.75) is 19.9 Å². The highest BCUT2D eigenvalue weighted by Crippen LogP contribution is 2.16. The summed E-state index contributed by atoms with van der Waals surface area (Å²) in [6, 6.07) is 8.42. The van der Waals surface area contributed by atoms with E-state index in [-0.39, 0.29) is 0 Å². The van der Waals surface area contributed by atoms with Crippen LogP contribution in [0, 0.1) is 0 Å². The Balaban J connectivity index is 1.91. The summed E-state index contributed by atoms with van der Waals surface area (Å²) in [6.45, 7) is 6.35. The van der Waals surface area contributed by atoms with E-state index in [0.29, 0.717) is 0 Å². The summed E-state index contributed by atoms with van der Waals surface area (Å²) in [5, 5.41) is 0. The maximum Gasteiger partial charge on any atom is 0.119 e. The van der Waals surface area contributed by atoms with Crippen molar-refractivity contribution in [2.24, 2.45) is 0 Å². The van der Waals surface area contributed by atoms with E-state index in [0.717, 1.165) is 18.9 Å². The van der Waals surface area contributed by atoms with E-state index in [1.54, 1.807) is 0 Å². The summed E-state index contributed by atoms with van der Waals surface area (Å²) in [7, 11) is 0. The first-order chi connectivity index (χ1) is 6.88. The van der Waals surface area contributed by atoms with Crippen molar-refractivity contribution < 1.29 is 4.74 Å². The smallest absolute Gasteiger partial charge is 0.119 e. The minimum absolute atomic E-state index is 0.742. The molecule has 0 aromatic heterocycles. The Morgan fingerprint density at radius 3 is 2.43 bits per heavy atom. The van der Waals surface area contributed by atoms with Gasteiger partial charge in [0.2, 0.25) is 0 Å². The first-order valence-corrected chi connectivity index (χ1v) is 5.32. The van der Waals surface area contributed by atoms with E-state index in [2.05, 4.69) is 29.2 Å². The molecule has 0 radical (unpaired) electrons. The van der Waals surface area contributed by atoms with Gasteiger partial charge in [-0.1, -0.05) is 12.1 Å². The molecule has 0 N–H and O–H groups in total. The number of ether oxygens (including phenoxy) is 1. The van der Waals surface area contributed by atoms with Gasteiger partial charge in [0, 0.05) is 6.54 Å². The SMILES string of the molecule is CCOc1ccc(CN2CCC2)cc1. The zero-order valence-corrected chi connectivity index (χ0v) is 8.70. The second-order valence-electron chi connectivity index (χ2n) is 3.71. The molecule has 1 aromatic carbocycles. The Morgan fingerprint density at radius 1 is 1.21 bits per heavy atom. The Kier molecular flexibility index (Phi) is 3.04. The van der Waals surface area contributed by atoms with Gasteiger partial charge in [0.15, 0.2) is 0 Å². The molecule has 0 saturated carbocycles. The van der Waals surface area contributed by atoms with Gasteiger partial charge in [-0.05, 0) is 44.1 Å². The van der Waals surface area contributed by atoms with Crippen LogP contribution in [0.1, 0.15) is 18.9 Å². The molecule has 76 valence electrons. The fraction of sp³-hybridized carbons (Fsp3) is 0.500. The maximum absolute atomic E-state index is 5.39. The molecule has 1 fully saturated rings. The van der Waals surface area contributed by atoms with E-state index >= 15 is 0 Å². The monoisotopic (exact) mass is 191 g/mol. The molecule has 0 amide bonds. The number of likely N-dealkylation sites (tertiary alicyclic amines) is 1. The average molecular weight is 191 g/mol. The third kappa shape index (κ3) is 2.26. The second kappa shape index (κ2) is 4.47. The highest BCUT2D eigenvalue weighted by atomic mass is 16.5. The lowest BCUT2D eigenvalue weighted by molar-refractivity contribution is 0.172. The Labute approximate surface area is 85.5 Å². The van der Waals surface area contributed by atoms with Gasteiger partial charge in [-0.3, -0.25) is 4.90 Å². The van der Waals surface area contributed by atoms with Gasteiger partial charge in [-0.2, -0.15) is 0 Å². The fourth-order valence-electron chi connectivity index (χ4n) is 1.66. The first kappa shape index (κ1) is 9.53. The standard InChI is InChI=1S/C12H17NO/c1-2-14-12-6-4-11(5-7-12)10-13-8-3-9-13/h4-7H,2-3,8-10H2,1H3. The molecule has 0 bridgehead atoms. The van der Waals surface area contributed by atoms with E-state index in [1.165, 1.54) is 25.1 Å². The van der Waals surface area contributed by atoms with Crippen LogP contribution in [-0.4, -0.2) is 24.6 Å². The van der Waals surface area contributed by atoms with Crippen LogP contribution in [0.5, 0.6) is 5.75 Å². The average Bonchev–Trinajstić information content (AvgIpc) is 2.14. The van der Waals surface area contributed by atoms with Crippen LogP contribution in [-0.2, 0) is 6.54 Å². The van der Waals surface area contributed by atoms with Crippen molar-refractivity contribution in [2.75, 3.05) is 19.7 Å². The molecular weight excluding hydrogens is 174 g/mol. The zero-order valence-electron chi connectivity index (χ0n) is 8.70. The predicted molar refractivity (Wildman–Crippen MR) is 57.5 cm³/mol. The zero-order chi connectivity index (χ0) is 9.80. The van der Waals surface area contributed by atoms with Crippen molar-refractivity contribution in [1.82, 2.24) is 4.90 Å². The molecule has 0 aliphatic carbocycles. The summed E-state index contributed by atoms with van der Waals surface area (Å²) in [6.07, 6.45) is 1.36. The minimum atomic E-state index is 0.742. The summed E-state index contributed by atoms with van der Waals surface area (Å²) in [5.74, 6) is 0.972. The fourth-order valence-corrected chi connectivity index (χ4v) is 1.66. The van der Waals surface area contributed by atoms with Gasteiger partial charge in [-0.25, -0.2) is 0 Å². The first-order valence-electron chi connectivity index (χ1n) is 5.32. The number of rotatable bonds is 4. The molecule has 1 heterocycles. The molecule has 1 saturated heterocycles. The van der Waals surface area contributed by atoms with Crippen molar-refractivity contribution in [3.63, 3.8) is 0 Å². The summed E-state index contributed by atoms with van der Waals surface area (Å²) in [4.78, 5) is 2.45. The largest absolute Gasteiger partial charge is 0.494 e. The number of hydrogen-bond acceptors (Lipinski definition) is 2. The van der Waals surface area contributed by atoms with Crippen LogP contribution in [0.15, 0.2) is 24.3 Å². The van der Waals surface area contributed by atoms with Gasteiger partial charge in [0.1, 0.15) is 5.75 Å². The van der Waals surface area contributed by atoms with E-state index < -0.39 is 0 Å². The highest BCUT2D eigenvalue weighted by Gasteiger charge is 2.13. The summed E-state index contributed by atoms with van der Waals surface area (Å²) >= 11 is 0. The van der Waals surface area contributed by atoms with Crippen LogP contribution in [0.4, 0.5) is 0 Å². The molecule has 14 heavy (non-hydrogen) atoms. The van der Waals surface area contributed by atoms with Crippen molar-refractivity contribution in [1.29, 1.82) is 0 Å². The van der Waals surface area contributed by atoms with Crippen LogP contribution >= 0.6 is 0 Å². The van der Waals surface area contributed by atoms with Crippen LogP contribution in [0.3, 0.4) is 0 Å². The third-order valence-electron chi connectivity index (χ3n) is 2.59. The quantitative estimate of drug-likeness (QED) is 0.724. The molecule has 0 spiro atoms. The Morgan fingerprint density at radius 2 is 1.93 bits per heavy atom. The maximum atomic E-state index is 5.39. The van der Waals surface area contributed by atoms with Gasteiger partial charge < -0.3 is 4.74 Å². The molecule has 1 aliphatic heterocycles. The molecule has 2 nitrogen and oxygen atoms in total. The molecular formula is C12H17NO. The Bertz CT molecular complexity index is 277. The van der Waals surface area contributed by atoms with Crippen molar-refractivity contribution in [3.8, 4) is 5.75 Å². The topological polar surface area (TPSA) is 12.5 Å². The van der Waals surface area contributed by atoms with Crippen LogP contribution in [0.2, 0.25) is 0 Å². The van der Waals surface area contributed by atoms with Crippen molar-refractivity contribution >= 4 is 0 Å². The second-order valence-corrected chi connectivity index (χ2v) is 3.71. The molecule has 2 rings (SSSR count). The number of hydrogen-bond donors (Lipinski definition) is 0. The highest BCUT2D eigenvalue weighted by molar-refractivity contribution is 5.27. The van der Waals surface area contributed by atoms with Gasteiger partial charge in [-0.15, -0.1) is 0 Å². The lowest BCUT2D eigenvalue weighted by Crippen LogP contribution is -2.36. The predicted octanol–water partition coefficient (Wildman–Crippen LogP) is 2.29.